The standard InChI is InChI=1S/C7H10O3SSi/c8-11(9,10-12)6-7-4-2-1-3-5-7/h1-5H,6H2,12H3. The summed E-state index contributed by atoms with van der Waals surface area (Å²) in [5.74, 6) is -0.0304. The normalized spacial score (nSPS) is 11.7. The zero-order chi connectivity index (χ0) is 9.03. The molecule has 0 N–H and O–H groups in total. The summed E-state index contributed by atoms with van der Waals surface area (Å²) in [7, 11) is -3.09. The van der Waals surface area contributed by atoms with Crippen LogP contribution in [0, 0.1) is 0 Å². The van der Waals surface area contributed by atoms with Gasteiger partial charge >= 0.3 is 0 Å². The van der Waals surface area contributed by atoms with E-state index in [9.17, 15) is 8.42 Å². The molecule has 0 aliphatic heterocycles. The second kappa shape index (κ2) is 3.84. The maximum Gasteiger partial charge on any atom is 0.261 e. The van der Waals surface area contributed by atoms with Gasteiger partial charge in [-0.2, -0.15) is 0 Å². The Labute approximate surface area is 75.0 Å². The first-order chi connectivity index (χ1) is 5.64. The van der Waals surface area contributed by atoms with Crippen molar-refractivity contribution in [3.8, 4) is 0 Å². The van der Waals surface area contributed by atoms with Gasteiger partial charge in [0.25, 0.3) is 10.1 Å². The van der Waals surface area contributed by atoms with Crippen molar-refractivity contribution in [3.05, 3.63) is 35.9 Å². The second-order valence-corrected chi connectivity index (χ2v) is 5.09. The molecule has 0 amide bonds. The van der Waals surface area contributed by atoms with E-state index in [0.717, 1.165) is 5.56 Å². The number of hydrogen-bond acceptors (Lipinski definition) is 3. The van der Waals surface area contributed by atoms with E-state index >= 15 is 0 Å². The molecule has 0 aromatic heterocycles. The van der Waals surface area contributed by atoms with Crippen molar-refractivity contribution >= 4 is 20.6 Å². The SMILES string of the molecule is O=S(=O)(Cc1ccccc1)O[SiH3]. The highest BCUT2D eigenvalue weighted by Gasteiger charge is 2.07. The number of hydrogen-bond donors (Lipinski definition) is 0. The average molecular weight is 202 g/mol. The Kier molecular flexibility index (Phi) is 3.02. The van der Waals surface area contributed by atoms with Crippen molar-refractivity contribution in [2.75, 3.05) is 0 Å². The molecule has 0 saturated carbocycles. The smallest absolute Gasteiger partial charge is 0.261 e. The minimum atomic E-state index is -3.31. The Bertz CT molecular complexity index is 333. The highest BCUT2D eigenvalue weighted by Crippen LogP contribution is 2.05. The molecule has 0 atom stereocenters. The summed E-state index contributed by atoms with van der Waals surface area (Å²) < 4.78 is 26.4. The highest BCUT2D eigenvalue weighted by molar-refractivity contribution is 7.86. The van der Waals surface area contributed by atoms with E-state index in [1.807, 2.05) is 6.07 Å². The van der Waals surface area contributed by atoms with Crippen LogP contribution in [0.3, 0.4) is 0 Å². The minimum absolute atomic E-state index is 0.0304. The lowest BCUT2D eigenvalue weighted by Gasteiger charge is -2.00. The molecule has 0 saturated heterocycles. The predicted molar refractivity (Wildman–Crippen MR) is 50.1 cm³/mol. The van der Waals surface area contributed by atoms with Crippen molar-refractivity contribution in [2.24, 2.45) is 0 Å². The lowest BCUT2D eigenvalue weighted by Crippen LogP contribution is -2.06. The van der Waals surface area contributed by atoms with Crippen molar-refractivity contribution in [3.63, 3.8) is 0 Å². The van der Waals surface area contributed by atoms with Crippen molar-refractivity contribution < 1.29 is 12.3 Å². The lowest BCUT2D eigenvalue weighted by molar-refractivity contribution is 0.506. The third kappa shape index (κ3) is 2.76. The van der Waals surface area contributed by atoms with E-state index in [0.29, 0.717) is 0 Å². The van der Waals surface area contributed by atoms with Crippen LogP contribution < -0.4 is 0 Å². The molecule has 1 aromatic rings. The van der Waals surface area contributed by atoms with E-state index in [1.54, 1.807) is 24.3 Å². The quantitative estimate of drug-likeness (QED) is 0.638. The van der Waals surface area contributed by atoms with E-state index in [2.05, 4.69) is 3.87 Å². The van der Waals surface area contributed by atoms with Gasteiger partial charge in [-0.05, 0) is 5.56 Å². The topological polar surface area (TPSA) is 43.4 Å². The van der Waals surface area contributed by atoms with Crippen molar-refractivity contribution in [1.29, 1.82) is 0 Å². The highest BCUT2D eigenvalue weighted by atomic mass is 32.2. The molecular formula is C7H10O3SSi. The summed E-state index contributed by atoms with van der Waals surface area (Å²) in [4.78, 5) is 0. The van der Waals surface area contributed by atoms with Gasteiger partial charge in [-0.1, -0.05) is 30.3 Å². The summed E-state index contributed by atoms with van der Waals surface area (Å²) in [5, 5.41) is 0. The fourth-order valence-corrected chi connectivity index (χ4v) is 1.91. The van der Waals surface area contributed by atoms with Crippen molar-refractivity contribution in [2.45, 2.75) is 5.75 Å². The summed E-state index contributed by atoms with van der Waals surface area (Å²) in [6.45, 7) is 0. The maximum atomic E-state index is 11.0. The molecule has 0 unspecified atom stereocenters. The summed E-state index contributed by atoms with van der Waals surface area (Å²) in [6, 6.07) is 8.98. The van der Waals surface area contributed by atoms with Crippen molar-refractivity contribution in [1.82, 2.24) is 0 Å². The van der Waals surface area contributed by atoms with Crippen LogP contribution in [0.2, 0.25) is 0 Å². The maximum absolute atomic E-state index is 11.0. The summed E-state index contributed by atoms with van der Waals surface area (Å²) in [5.41, 5.74) is 0.758. The average Bonchev–Trinajstić information content (AvgIpc) is 2.06. The van der Waals surface area contributed by atoms with Crippen LogP contribution in [-0.4, -0.2) is 18.9 Å². The molecule has 0 fully saturated rings. The number of rotatable bonds is 3. The Balaban J connectivity index is 2.78. The van der Waals surface area contributed by atoms with Crippen LogP contribution in [0.15, 0.2) is 30.3 Å². The number of benzene rings is 1. The third-order valence-electron chi connectivity index (χ3n) is 1.44. The van der Waals surface area contributed by atoms with Gasteiger partial charge in [0.1, 0.15) is 0 Å². The van der Waals surface area contributed by atoms with Crippen LogP contribution in [-0.2, 0) is 19.7 Å². The molecule has 0 aliphatic rings. The van der Waals surface area contributed by atoms with E-state index < -0.39 is 10.1 Å². The molecule has 3 nitrogen and oxygen atoms in total. The van der Waals surface area contributed by atoms with Gasteiger partial charge < -0.3 is 3.87 Å². The molecule has 12 heavy (non-hydrogen) atoms. The van der Waals surface area contributed by atoms with Gasteiger partial charge in [0.05, 0.1) is 5.75 Å². The molecule has 0 spiro atoms. The summed E-state index contributed by atoms with van der Waals surface area (Å²) in [6.07, 6.45) is 0. The van der Waals surface area contributed by atoms with Crippen LogP contribution >= 0.6 is 0 Å². The zero-order valence-electron chi connectivity index (χ0n) is 6.73. The molecule has 66 valence electrons. The van der Waals surface area contributed by atoms with Crippen LogP contribution in [0.5, 0.6) is 0 Å². The third-order valence-corrected chi connectivity index (χ3v) is 4.16. The van der Waals surface area contributed by atoms with Crippen LogP contribution in [0.25, 0.3) is 0 Å². The fourth-order valence-electron chi connectivity index (χ4n) is 0.837. The van der Waals surface area contributed by atoms with Gasteiger partial charge in [0.2, 0.25) is 0 Å². The minimum Gasteiger partial charge on any atom is -0.327 e. The first kappa shape index (κ1) is 9.44. The Hall–Kier alpha value is -0.653. The van der Waals surface area contributed by atoms with Gasteiger partial charge in [0, 0.05) is 0 Å². The van der Waals surface area contributed by atoms with Gasteiger partial charge in [-0.15, -0.1) is 0 Å². The molecular weight excluding hydrogens is 192 g/mol. The molecule has 0 aliphatic carbocycles. The first-order valence-electron chi connectivity index (χ1n) is 3.46. The molecule has 1 rings (SSSR count). The summed E-state index contributed by atoms with van der Waals surface area (Å²) >= 11 is 0. The van der Waals surface area contributed by atoms with Crippen LogP contribution in [0.4, 0.5) is 0 Å². The Morgan fingerprint density at radius 1 is 1.25 bits per heavy atom. The van der Waals surface area contributed by atoms with E-state index in [1.165, 1.54) is 0 Å². The Morgan fingerprint density at radius 2 is 1.83 bits per heavy atom. The van der Waals surface area contributed by atoms with E-state index in [4.69, 9.17) is 0 Å². The van der Waals surface area contributed by atoms with Crippen LogP contribution in [0.1, 0.15) is 5.56 Å². The molecule has 0 radical (unpaired) electrons. The Morgan fingerprint density at radius 3 is 2.33 bits per heavy atom. The predicted octanol–water partition coefficient (Wildman–Crippen LogP) is -0.187. The zero-order valence-corrected chi connectivity index (χ0v) is 9.54. The fraction of sp³-hybridized carbons (Fsp3) is 0.143. The molecule has 5 heteroatoms. The first-order valence-corrected chi connectivity index (χ1v) is 5.86. The molecule has 1 aromatic carbocycles. The monoisotopic (exact) mass is 202 g/mol. The second-order valence-electron chi connectivity index (χ2n) is 2.35. The largest absolute Gasteiger partial charge is 0.327 e. The van der Waals surface area contributed by atoms with Gasteiger partial charge in [-0.25, -0.2) is 8.42 Å². The van der Waals surface area contributed by atoms with Gasteiger partial charge in [0.15, 0.2) is 10.5 Å². The van der Waals surface area contributed by atoms with Gasteiger partial charge in [-0.3, -0.25) is 0 Å². The molecule has 0 heterocycles. The lowest BCUT2D eigenvalue weighted by atomic mass is 10.2. The molecule has 0 bridgehead atoms. The van der Waals surface area contributed by atoms with E-state index in [-0.39, 0.29) is 16.2 Å².